The van der Waals surface area contributed by atoms with Gasteiger partial charge >= 0.3 is 0 Å². The highest BCUT2D eigenvalue weighted by Gasteiger charge is 2.13. The minimum atomic E-state index is -0.184. The third-order valence-electron chi connectivity index (χ3n) is 2.40. The normalized spacial score (nSPS) is 15.9. The molecule has 1 aliphatic rings. The second-order valence-corrected chi connectivity index (χ2v) is 3.69. The van der Waals surface area contributed by atoms with Crippen LogP contribution in [0.4, 0.5) is 0 Å². The largest absolute Gasteiger partial charge is 0.463 e. The monoisotopic (exact) mass is 214 g/mol. The van der Waals surface area contributed by atoms with Gasteiger partial charge in [-0.3, -0.25) is 0 Å². The van der Waals surface area contributed by atoms with Gasteiger partial charge in [-0.25, -0.2) is 4.99 Å². The summed E-state index contributed by atoms with van der Waals surface area (Å²) in [6.07, 6.45) is 5.51. The quantitative estimate of drug-likeness (QED) is 0.759. The van der Waals surface area contributed by atoms with Gasteiger partial charge in [0.1, 0.15) is 12.6 Å². The lowest BCUT2D eigenvalue weighted by Crippen LogP contribution is -2.27. The second kappa shape index (κ2) is 4.71. The van der Waals surface area contributed by atoms with Crippen LogP contribution in [0.3, 0.4) is 0 Å². The van der Waals surface area contributed by atoms with Crippen LogP contribution in [-0.2, 0) is 4.74 Å². The maximum absolute atomic E-state index is 5.51. The van der Waals surface area contributed by atoms with Crippen LogP contribution in [0.25, 0.3) is 0 Å². The van der Waals surface area contributed by atoms with E-state index in [-0.39, 0.29) is 6.04 Å². The average molecular weight is 214 g/mol. The van der Waals surface area contributed by atoms with E-state index in [2.05, 4.69) is 22.3 Å². The van der Waals surface area contributed by atoms with Gasteiger partial charge in [0, 0.05) is 0 Å². The molecule has 0 spiro atoms. The molecule has 0 radical (unpaired) electrons. The Morgan fingerprint density at radius 3 is 3.06 bits per heavy atom. The van der Waals surface area contributed by atoms with Crippen molar-refractivity contribution >= 4 is 6.02 Å². The molecule has 0 aliphatic carbocycles. The number of amidine groups is 1. The van der Waals surface area contributed by atoms with Crippen molar-refractivity contribution < 1.29 is 4.74 Å². The summed E-state index contributed by atoms with van der Waals surface area (Å²) in [6, 6.07) is 8.46. The molecule has 82 valence electrons. The Morgan fingerprint density at radius 2 is 2.44 bits per heavy atom. The molecule has 1 N–H and O–H groups in total. The molecule has 3 nitrogen and oxygen atoms in total. The summed E-state index contributed by atoms with van der Waals surface area (Å²) in [5, 5.41) is 3.10. The number of hydrogen-bond donors (Lipinski definition) is 1. The van der Waals surface area contributed by atoms with Gasteiger partial charge in [-0.15, -0.1) is 6.42 Å². The standard InChI is InChI=1S/C13H14N2O/c1-3-12(15-13-14-7-8-16-13)11-6-4-5-10(2)9-11/h1,4-6,9,12H,7-8H2,2H3,(H,14,15). The van der Waals surface area contributed by atoms with Crippen molar-refractivity contribution in [2.45, 2.75) is 13.0 Å². The molecule has 3 heteroatoms. The van der Waals surface area contributed by atoms with Gasteiger partial charge in [0.05, 0.1) is 6.54 Å². The van der Waals surface area contributed by atoms with Crippen LogP contribution in [0.2, 0.25) is 0 Å². The first-order valence-electron chi connectivity index (χ1n) is 5.26. The topological polar surface area (TPSA) is 33.6 Å². The number of nitrogens with one attached hydrogen (secondary N) is 1. The first kappa shape index (κ1) is 10.6. The summed E-state index contributed by atoms with van der Waals surface area (Å²) in [5.74, 6) is 2.70. The number of ether oxygens (including phenoxy) is 1. The summed E-state index contributed by atoms with van der Waals surface area (Å²) >= 11 is 0. The van der Waals surface area contributed by atoms with Gasteiger partial charge in [-0.2, -0.15) is 0 Å². The maximum Gasteiger partial charge on any atom is 0.286 e. The number of hydrogen-bond acceptors (Lipinski definition) is 3. The van der Waals surface area contributed by atoms with E-state index in [1.165, 1.54) is 5.56 Å². The average Bonchev–Trinajstić information content (AvgIpc) is 2.78. The maximum atomic E-state index is 5.51. The summed E-state index contributed by atoms with van der Waals surface area (Å²) in [5.41, 5.74) is 2.24. The predicted molar refractivity (Wildman–Crippen MR) is 64.1 cm³/mol. The van der Waals surface area contributed by atoms with E-state index in [4.69, 9.17) is 11.2 Å². The van der Waals surface area contributed by atoms with Gasteiger partial charge in [0.2, 0.25) is 0 Å². The number of aryl methyl sites for hydroxylation is 1. The SMILES string of the molecule is C#CC(NC1=NCCO1)c1cccc(C)c1. The molecule has 1 aromatic rings. The lowest BCUT2D eigenvalue weighted by atomic mass is 10.1. The molecule has 1 aromatic carbocycles. The van der Waals surface area contributed by atoms with Crippen LogP contribution >= 0.6 is 0 Å². The first-order chi connectivity index (χ1) is 7.79. The van der Waals surface area contributed by atoms with Crippen molar-refractivity contribution in [2.75, 3.05) is 13.2 Å². The van der Waals surface area contributed by atoms with E-state index in [0.29, 0.717) is 19.2 Å². The summed E-state index contributed by atoms with van der Waals surface area (Å²) in [7, 11) is 0. The highest BCUT2D eigenvalue weighted by atomic mass is 16.5. The van der Waals surface area contributed by atoms with Crippen LogP contribution in [-0.4, -0.2) is 19.2 Å². The fourth-order valence-electron chi connectivity index (χ4n) is 1.62. The van der Waals surface area contributed by atoms with Crippen molar-refractivity contribution in [3.63, 3.8) is 0 Å². The minimum absolute atomic E-state index is 0.184. The van der Waals surface area contributed by atoms with Crippen LogP contribution in [0, 0.1) is 19.3 Å². The van der Waals surface area contributed by atoms with Crippen molar-refractivity contribution in [3.8, 4) is 12.3 Å². The zero-order valence-corrected chi connectivity index (χ0v) is 9.23. The summed E-state index contributed by atoms with van der Waals surface area (Å²) < 4.78 is 5.28. The van der Waals surface area contributed by atoms with Gasteiger partial charge in [0.25, 0.3) is 6.02 Å². The highest BCUT2D eigenvalue weighted by Crippen LogP contribution is 2.14. The first-order valence-corrected chi connectivity index (χ1v) is 5.26. The Kier molecular flexibility index (Phi) is 3.11. The molecular weight excluding hydrogens is 200 g/mol. The molecular formula is C13H14N2O. The van der Waals surface area contributed by atoms with Gasteiger partial charge in [0.15, 0.2) is 0 Å². The Balaban J connectivity index is 2.13. The van der Waals surface area contributed by atoms with Crippen LogP contribution in [0.1, 0.15) is 17.2 Å². The number of terminal acetylenes is 1. The summed E-state index contributed by atoms with van der Waals surface area (Å²) in [4.78, 5) is 4.16. The lowest BCUT2D eigenvalue weighted by Gasteiger charge is -2.14. The molecule has 16 heavy (non-hydrogen) atoms. The number of nitrogens with zero attached hydrogens (tertiary/aromatic N) is 1. The van der Waals surface area contributed by atoms with Crippen molar-refractivity contribution in [1.82, 2.24) is 5.32 Å². The molecule has 1 aliphatic heterocycles. The number of benzene rings is 1. The van der Waals surface area contributed by atoms with Crippen molar-refractivity contribution in [2.24, 2.45) is 4.99 Å². The van der Waals surface area contributed by atoms with E-state index in [1.54, 1.807) is 0 Å². The Hall–Kier alpha value is -1.95. The van der Waals surface area contributed by atoms with Gasteiger partial charge in [-0.1, -0.05) is 35.7 Å². The Morgan fingerprint density at radius 1 is 1.56 bits per heavy atom. The van der Waals surface area contributed by atoms with Gasteiger partial charge < -0.3 is 10.1 Å². The number of rotatable bonds is 2. The second-order valence-electron chi connectivity index (χ2n) is 3.69. The van der Waals surface area contributed by atoms with Crippen LogP contribution in [0.5, 0.6) is 0 Å². The third-order valence-corrected chi connectivity index (χ3v) is 2.40. The zero-order chi connectivity index (χ0) is 11.4. The third kappa shape index (κ3) is 2.34. The molecule has 1 atom stereocenters. The molecule has 0 saturated heterocycles. The molecule has 1 heterocycles. The fraction of sp³-hybridized carbons (Fsp3) is 0.308. The smallest absolute Gasteiger partial charge is 0.286 e. The molecule has 2 rings (SSSR count). The minimum Gasteiger partial charge on any atom is -0.463 e. The predicted octanol–water partition coefficient (Wildman–Crippen LogP) is 1.65. The Labute approximate surface area is 95.5 Å². The van der Waals surface area contributed by atoms with Crippen LogP contribution < -0.4 is 5.32 Å². The molecule has 0 amide bonds. The van der Waals surface area contributed by atoms with E-state index >= 15 is 0 Å². The molecule has 0 aromatic heterocycles. The molecule has 0 bridgehead atoms. The zero-order valence-electron chi connectivity index (χ0n) is 9.23. The van der Waals surface area contributed by atoms with E-state index in [0.717, 1.165) is 5.56 Å². The Bertz CT molecular complexity index is 445. The highest BCUT2D eigenvalue weighted by molar-refractivity contribution is 5.75. The van der Waals surface area contributed by atoms with E-state index in [1.807, 2.05) is 25.1 Å². The van der Waals surface area contributed by atoms with Crippen molar-refractivity contribution in [1.29, 1.82) is 0 Å². The number of aliphatic imine (C=N–C) groups is 1. The fourth-order valence-corrected chi connectivity index (χ4v) is 1.62. The lowest BCUT2D eigenvalue weighted by molar-refractivity contribution is 0.329. The molecule has 0 saturated carbocycles. The van der Waals surface area contributed by atoms with Gasteiger partial charge in [-0.05, 0) is 12.5 Å². The molecule has 1 unspecified atom stereocenters. The van der Waals surface area contributed by atoms with E-state index in [9.17, 15) is 0 Å². The van der Waals surface area contributed by atoms with E-state index < -0.39 is 0 Å². The van der Waals surface area contributed by atoms with Crippen molar-refractivity contribution in [3.05, 3.63) is 35.4 Å². The molecule has 0 fully saturated rings. The van der Waals surface area contributed by atoms with Crippen LogP contribution in [0.15, 0.2) is 29.3 Å². The summed E-state index contributed by atoms with van der Waals surface area (Å²) in [6.45, 7) is 3.38.